The number of hydrogen-bond acceptors (Lipinski definition) is 4. The third kappa shape index (κ3) is 4.77. The van der Waals surface area contributed by atoms with E-state index in [1.54, 1.807) is 32.0 Å². The van der Waals surface area contributed by atoms with Gasteiger partial charge in [-0.25, -0.2) is 8.42 Å². The highest BCUT2D eigenvalue weighted by Gasteiger charge is 2.33. The third-order valence-electron chi connectivity index (χ3n) is 5.15. The SMILES string of the molecule is Cc1nn(CC(=O)Nc2ccc(Cl)c(Cl)c2)c(C)c1S(=O)(=O)N1CCC(C)CC1. The molecular formula is C19H24Cl2N4O3S. The van der Waals surface area contributed by atoms with Crippen LogP contribution < -0.4 is 5.32 Å². The van der Waals surface area contributed by atoms with Gasteiger partial charge >= 0.3 is 0 Å². The minimum atomic E-state index is -3.64. The first-order valence-electron chi connectivity index (χ1n) is 9.38. The van der Waals surface area contributed by atoms with Gasteiger partial charge in [-0.05, 0) is 50.8 Å². The molecule has 1 fully saturated rings. The molecule has 1 saturated heterocycles. The fourth-order valence-electron chi connectivity index (χ4n) is 3.47. The van der Waals surface area contributed by atoms with Gasteiger partial charge in [-0.3, -0.25) is 9.48 Å². The molecule has 1 aromatic heterocycles. The molecule has 0 bridgehead atoms. The van der Waals surface area contributed by atoms with Gasteiger partial charge in [0.25, 0.3) is 0 Å². The van der Waals surface area contributed by atoms with Crippen molar-refractivity contribution < 1.29 is 13.2 Å². The number of benzene rings is 1. The lowest BCUT2D eigenvalue weighted by Gasteiger charge is -2.29. The van der Waals surface area contributed by atoms with E-state index < -0.39 is 10.0 Å². The molecule has 1 N–H and O–H groups in total. The van der Waals surface area contributed by atoms with Crippen LogP contribution in [0.2, 0.25) is 10.0 Å². The van der Waals surface area contributed by atoms with E-state index in [2.05, 4.69) is 17.3 Å². The Hall–Kier alpha value is -1.61. The number of aromatic nitrogens is 2. The third-order valence-corrected chi connectivity index (χ3v) is 8.04. The van der Waals surface area contributed by atoms with Gasteiger partial charge in [0.05, 0.1) is 21.4 Å². The molecule has 0 atom stereocenters. The van der Waals surface area contributed by atoms with Crippen molar-refractivity contribution >= 4 is 44.8 Å². The number of rotatable bonds is 5. The summed E-state index contributed by atoms with van der Waals surface area (Å²) in [5.74, 6) is 0.182. The van der Waals surface area contributed by atoms with Gasteiger partial charge in [-0.1, -0.05) is 30.1 Å². The van der Waals surface area contributed by atoms with Crippen LogP contribution in [0.3, 0.4) is 0 Å². The summed E-state index contributed by atoms with van der Waals surface area (Å²) in [4.78, 5) is 12.6. The van der Waals surface area contributed by atoms with Crippen LogP contribution in [0.25, 0.3) is 0 Å². The first-order valence-corrected chi connectivity index (χ1v) is 11.6. The summed E-state index contributed by atoms with van der Waals surface area (Å²) >= 11 is 11.9. The van der Waals surface area contributed by atoms with Crippen LogP contribution in [-0.4, -0.2) is 41.5 Å². The highest BCUT2D eigenvalue weighted by atomic mass is 35.5. The summed E-state index contributed by atoms with van der Waals surface area (Å²) in [5, 5.41) is 7.75. The minimum absolute atomic E-state index is 0.112. The molecule has 0 aliphatic carbocycles. The fourth-order valence-corrected chi connectivity index (χ4v) is 5.61. The number of nitrogens with zero attached hydrogens (tertiary/aromatic N) is 3. The highest BCUT2D eigenvalue weighted by Crippen LogP contribution is 2.28. The number of amides is 1. The van der Waals surface area contributed by atoms with E-state index in [1.165, 1.54) is 8.99 Å². The Balaban J connectivity index is 1.78. The summed E-state index contributed by atoms with van der Waals surface area (Å²) in [5.41, 5.74) is 1.34. The standard InChI is InChI=1S/C19H24Cl2N4O3S/c1-12-6-8-24(9-7-12)29(27,28)19-13(2)23-25(14(19)3)11-18(26)22-15-4-5-16(20)17(21)10-15/h4-5,10,12H,6-9,11H2,1-3H3,(H,22,26). The zero-order valence-corrected chi connectivity index (χ0v) is 18.9. The number of halogens is 2. The van der Waals surface area contributed by atoms with E-state index in [-0.39, 0.29) is 17.3 Å². The molecule has 10 heteroatoms. The molecule has 0 unspecified atom stereocenters. The van der Waals surface area contributed by atoms with E-state index in [0.29, 0.717) is 46.1 Å². The van der Waals surface area contributed by atoms with Crippen molar-refractivity contribution in [3.63, 3.8) is 0 Å². The Kier molecular flexibility index (Phi) is 6.57. The summed E-state index contributed by atoms with van der Waals surface area (Å²) < 4.78 is 29.2. The number of anilines is 1. The topological polar surface area (TPSA) is 84.3 Å². The van der Waals surface area contributed by atoms with E-state index in [1.807, 2.05) is 0 Å². The number of sulfonamides is 1. The Labute approximate surface area is 181 Å². The molecule has 2 heterocycles. The molecule has 7 nitrogen and oxygen atoms in total. The van der Waals surface area contributed by atoms with Crippen LogP contribution in [0, 0.1) is 19.8 Å². The number of carbonyl (C=O) groups is 1. The molecule has 0 saturated carbocycles. The van der Waals surface area contributed by atoms with Crippen LogP contribution in [0.5, 0.6) is 0 Å². The number of hydrogen-bond donors (Lipinski definition) is 1. The molecule has 158 valence electrons. The monoisotopic (exact) mass is 458 g/mol. The van der Waals surface area contributed by atoms with E-state index in [9.17, 15) is 13.2 Å². The molecule has 1 aliphatic heterocycles. The van der Waals surface area contributed by atoms with Gasteiger partial charge in [0.1, 0.15) is 11.4 Å². The second-order valence-corrected chi connectivity index (χ2v) is 10.1. The van der Waals surface area contributed by atoms with Gasteiger partial charge < -0.3 is 5.32 Å². The van der Waals surface area contributed by atoms with Gasteiger partial charge in [0, 0.05) is 18.8 Å². The van der Waals surface area contributed by atoms with Crippen molar-refractivity contribution in [3.8, 4) is 0 Å². The Morgan fingerprint density at radius 1 is 1.21 bits per heavy atom. The molecular weight excluding hydrogens is 435 g/mol. The number of carbonyl (C=O) groups excluding carboxylic acids is 1. The van der Waals surface area contributed by atoms with Crippen LogP contribution in [0.4, 0.5) is 5.69 Å². The summed E-state index contributed by atoms with van der Waals surface area (Å²) in [6.45, 7) is 6.35. The van der Waals surface area contributed by atoms with Crippen molar-refractivity contribution in [2.24, 2.45) is 5.92 Å². The van der Waals surface area contributed by atoms with E-state index >= 15 is 0 Å². The lowest BCUT2D eigenvalue weighted by atomic mass is 10.0. The second kappa shape index (κ2) is 8.63. The molecule has 29 heavy (non-hydrogen) atoms. The summed E-state index contributed by atoms with van der Waals surface area (Å²) in [7, 11) is -3.64. The van der Waals surface area contributed by atoms with E-state index in [4.69, 9.17) is 23.2 Å². The lowest BCUT2D eigenvalue weighted by molar-refractivity contribution is -0.116. The van der Waals surface area contributed by atoms with Gasteiger partial charge in [-0.2, -0.15) is 9.40 Å². The van der Waals surface area contributed by atoms with Gasteiger partial charge in [0.2, 0.25) is 15.9 Å². The Bertz CT molecular complexity index is 1030. The average Bonchev–Trinajstić information content (AvgIpc) is 2.92. The second-order valence-electron chi connectivity index (χ2n) is 7.42. The maximum atomic E-state index is 13.1. The largest absolute Gasteiger partial charge is 0.324 e. The van der Waals surface area contributed by atoms with Crippen LogP contribution in [-0.2, 0) is 21.4 Å². The quantitative estimate of drug-likeness (QED) is 0.736. The number of nitrogens with one attached hydrogen (secondary N) is 1. The maximum absolute atomic E-state index is 13.1. The first kappa shape index (κ1) is 22.1. The van der Waals surface area contributed by atoms with Crippen LogP contribution in [0.1, 0.15) is 31.2 Å². The van der Waals surface area contributed by atoms with Crippen molar-refractivity contribution in [3.05, 3.63) is 39.6 Å². The van der Waals surface area contributed by atoms with Crippen molar-refractivity contribution in [1.82, 2.24) is 14.1 Å². The molecule has 0 spiro atoms. The molecule has 0 radical (unpaired) electrons. The van der Waals surface area contributed by atoms with Crippen molar-refractivity contribution in [2.45, 2.75) is 45.1 Å². The lowest BCUT2D eigenvalue weighted by Crippen LogP contribution is -2.38. The first-order chi connectivity index (χ1) is 13.6. The van der Waals surface area contributed by atoms with Gasteiger partial charge in [0.15, 0.2) is 0 Å². The fraction of sp³-hybridized carbons (Fsp3) is 0.474. The van der Waals surface area contributed by atoms with Crippen molar-refractivity contribution in [2.75, 3.05) is 18.4 Å². The van der Waals surface area contributed by atoms with Gasteiger partial charge in [-0.15, -0.1) is 0 Å². The molecule has 1 aromatic carbocycles. The zero-order valence-electron chi connectivity index (χ0n) is 16.6. The van der Waals surface area contributed by atoms with E-state index in [0.717, 1.165) is 12.8 Å². The predicted molar refractivity (Wildman–Crippen MR) is 114 cm³/mol. The number of aryl methyl sites for hydroxylation is 1. The molecule has 1 aliphatic rings. The average molecular weight is 459 g/mol. The van der Waals surface area contributed by atoms with Crippen LogP contribution >= 0.6 is 23.2 Å². The minimum Gasteiger partial charge on any atom is -0.324 e. The van der Waals surface area contributed by atoms with Crippen molar-refractivity contribution in [1.29, 1.82) is 0 Å². The highest BCUT2D eigenvalue weighted by molar-refractivity contribution is 7.89. The molecule has 3 rings (SSSR count). The maximum Gasteiger partial charge on any atom is 0.246 e. The number of piperidine rings is 1. The summed E-state index contributed by atoms with van der Waals surface area (Å²) in [6.07, 6.45) is 1.69. The van der Waals surface area contributed by atoms with Crippen LogP contribution in [0.15, 0.2) is 23.1 Å². The zero-order chi connectivity index (χ0) is 21.3. The Morgan fingerprint density at radius 3 is 2.48 bits per heavy atom. The smallest absolute Gasteiger partial charge is 0.246 e. The normalized spacial score (nSPS) is 16.2. The molecule has 1 amide bonds. The predicted octanol–water partition coefficient (Wildman–Crippen LogP) is 3.87. The summed E-state index contributed by atoms with van der Waals surface area (Å²) in [6, 6.07) is 4.78. The Morgan fingerprint density at radius 2 is 1.86 bits per heavy atom. The molecule has 2 aromatic rings.